The molecule has 0 bridgehead atoms. The third kappa shape index (κ3) is 4.88. The predicted octanol–water partition coefficient (Wildman–Crippen LogP) is 1.50. The first-order chi connectivity index (χ1) is 15.5. The maximum Gasteiger partial charge on any atom is 0.312 e. The molecule has 32 heavy (non-hydrogen) atoms. The van der Waals surface area contributed by atoms with Crippen LogP contribution in [-0.2, 0) is 16.1 Å². The number of rotatable bonds is 6. The number of carbonyl (C=O) groups is 1. The minimum absolute atomic E-state index is 0.0228. The fourth-order valence-corrected chi connectivity index (χ4v) is 4.30. The molecule has 9 nitrogen and oxygen atoms in total. The lowest BCUT2D eigenvalue weighted by Gasteiger charge is -2.43. The van der Waals surface area contributed by atoms with Crippen LogP contribution in [0.4, 0.5) is 11.4 Å². The number of anilines is 1. The summed E-state index contributed by atoms with van der Waals surface area (Å²) in [5, 5.41) is 10.9. The molecule has 167 valence electrons. The van der Waals surface area contributed by atoms with Crippen molar-refractivity contribution in [3.63, 3.8) is 0 Å². The quantitative estimate of drug-likeness (QED) is 0.504. The highest BCUT2D eigenvalue weighted by Gasteiger charge is 2.36. The van der Waals surface area contributed by atoms with Crippen molar-refractivity contribution in [3.8, 4) is 0 Å². The molecular formula is C23H26N5O4. The average molecular weight is 436 g/mol. The van der Waals surface area contributed by atoms with E-state index in [9.17, 15) is 19.7 Å². The SMILES string of the molecule is O=[C]N1CCN(c2ccc([N+](=O)[O-])cc2)CC1C(=O)N1CCN(Cc2ccccc2)CC1. The fourth-order valence-electron chi connectivity index (χ4n) is 4.30. The Morgan fingerprint density at radius 2 is 1.66 bits per heavy atom. The molecule has 1 unspecified atom stereocenters. The van der Waals surface area contributed by atoms with Gasteiger partial charge in [-0.25, -0.2) is 0 Å². The first kappa shape index (κ1) is 21.8. The lowest BCUT2D eigenvalue weighted by Crippen LogP contribution is -2.61. The van der Waals surface area contributed by atoms with Crippen LogP contribution in [0.25, 0.3) is 0 Å². The van der Waals surface area contributed by atoms with E-state index in [1.807, 2.05) is 34.4 Å². The third-order valence-corrected chi connectivity index (χ3v) is 6.14. The Morgan fingerprint density at radius 1 is 0.969 bits per heavy atom. The van der Waals surface area contributed by atoms with Crippen LogP contribution in [-0.4, -0.2) is 83.8 Å². The second-order valence-electron chi connectivity index (χ2n) is 8.11. The number of nitro groups is 1. The standard InChI is InChI=1S/C23H26N5O4/c29-18-27-15-14-26(20-6-8-21(9-7-20)28(31)32)17-22(27)23(30)25-12-10-24(11-13-25)16-19-4-2-1-3-5-19/h1-9,22H,10-17H2. The van der Waals surface area contributed by atoms with E-state index >= 15 is 0 Å². The number of hydrogen-bond donors (Lipinski definition) is 0. The van der Waals surface area contributed by atoms with Crippen LogP contribution in [0.3, 0.4) is 0 Å². The Bertz CT molecular complexity index is 945. The largest absolute Gasteiger partial charge is 0.367 e. The van der Waals surface area contributed by atoms with Gasteiger partial charge >= 0.3 is 6.41 Å². The lowest BCUT2D eigenvalue weighted by atomic mass is 10.1. The molecule has 2 aliphatic rings. The smallest absolute Gasteiger partial charge is 0.312 e. The first-order valence-corrected chi connectivity index (χ1v) is 10.7. The summed E-state index contributed by atoms with van der Waals surface area (Å²) in [6.45, 7) is 4.92. The molecule has 2 fully saturated rings. The summed E-state index contributed by atoms with van der Waals surface area (Å²) in [4.78, 5) is 42.8. The minimum Gasteiger partial charge on any atom is -0.367 e. The number of benzene rings is 2. The predicted molar refractivity (Wildman–Crippen MR) is 120 cm³/mol. The molecule has 1 radical (unpaired) electrons. The van der Waals surface area contributed by atoms with Crippen LogP contribution in [0.15, 0.2) is 54.6 Å². The molecule has 2 aromatic rings. The summed E-state index contributed by atoms with van der Waals surface area (Å²) in [5.41, 5.74) is 2.07. The maximum atomic E-state index is 13.3. The Hall–Kier alpha value is -3.46. The van der Waals surface area contributed by atoms with Gasteiger partial charge < -0.3 is 14.7 Å². The van der Waals surface area contributed by atoms with Crippen molar-refractivity contribution in [3.05, 3.63) is 70.3 Å². The molecule has 1 atom stereocenters. The summed E-state index contributed by atoms with van der Waals surface area (Å²) in [6.07, 6.45) is 1.92. The van der Waals surface area contributed by atoms with Gasteiger partial charge in [0, 0.05) is 70.2 Å². The number of amides is 2. The zero-order chi connectivity index (χ0) is 22.5. The third-order valence-electron chi connectivity index (χ3n) is 6.14. The molecule has 4 rings (SSSR count). The second kappa shape index (κ2) is 9.78. The van der Waals surface area contributed by atoms with E-state index in [0.717, 1.165) is 25.3 Å². The van der Waals surface area contributed by atoms with Crippen molar-refractivity contribution in [2.45, 2.75) is 12.6 Å². The van der Waals surface area contributed by atoms with Crippen molar-refractivity contribution >= 4 is 23.7 Å². The minimum atomic E-state index is -0.614. The summed E-state index contributed by atoms with van der Waals surface area (Å²) in [7, 11) is 0. The number of carbonyl (C=O) groups excluding carboxylic acids is 2. The molecule has 0 aliphatic carbocycles. The number of nitro benzene ring substituents is 1. The van der Waals surface area contributed by atoms with Gasteiger partial charge in [0.1, 0.15) is 6.04 Å². The molecule has 2 aromatic carbocycles. The van der Waals surface area contributed by atoms with E-state index in [-0.39, 0.29) is 11.6 Å². The van der Waals surface area contributed by atoms with Gasteiger partial charge in [0.2, 0.25) is 5.91 Å². The molecule has 9 heteroatoms. The zero-order valence-corrected chi connectivity index (χ0v) is 17.8. The molecule has 2 saturated heterocycles. The van der Waals surface area contributed by atoms with Crippen molar-refractivity contribution in [1.29, 1.82) is 0 Å². The van der Waals surface area contributed by atoms with Gasteiger partial charge in [0.25, 0.3) is 5.69 Å². The molecule has 0 spiro atoms. The number of piperazine rings is 2. The first-order valence-electron chi connectivity index (χ1n) is 10.7. The summed E-state index contributed by atoms with van der Waals surface area (Å²) < 4.78 is 0. The van der Waals surface area contributed by atoms with Crippen molar-refractivity contribution in [2.75, 3.05) is 50.7 Å². The average Bonchev–Trinajstić information content (AvgIpc) is 2.84. The van der Waals surface area contributed by atoms with Crippen LogP contribution < -0.4 is 4.90 Å². The van der Waals surface area contributed by atoms with Gasteiger partial charge in [-0.1, -0.05) is 30.3 Å². The van der Waals surface area contributed by atoms with Gasteiger partial charge in [0.05, 0.1) is 4.92 Å². The highest BCUT2D eigenvalue weighted by atomic mass is 16.6. The molecule has 2 aliphatic heterocycles. The van der Waals surface area contributed by atoms with Crippen molar-refractivity contribution < 1.29 is 14.5 Å². The topological polar surface area (TPSA) is 90.2 Å². The highest BCUT2D eigenvalue weighted by Crippen LogP contribution is 2.23. The number of nitrogens with zero attached hydrogens (tertiary/aromatic N) is 5. The van der Waals surface area contributed by atoms with E-state index < -0.39 is 11.0 Å². The van der Waals surface area contributed by atoms with Crippen molar-refractivity contribution in [2.24, 2.45) is 0 Å². The van der Waals surface area contributed by atoms with E-state index in [1.54, 1.807) is 12.1 Å². The van der Waals surface area contributed by atoms with E-state index in [1.165, 1.54) is 22.6 Å². The fraction of sp³-hybridized carbons (Fsp3) is 0.391. The molecule has 0 aromatic heterocycles. The van der Waals surface area contributed by atoms with Gasteiger partial charge in [-0.15, -0.1) is 0 Å². The normalized spacial score (nSPS) is 19.6. The van der Waals surface area contributed by atoms with Gasteiger partial charge in [0.15, 0.2) is 0 Å². The summed E-state index contributed by atoms with van der Waals surface area (Å²) in [6, 6.07) is 15.9. The highest BCUT2D eigenvalue weighted by molar-refractivity contribution is 5.85. The Morgan fingerprint density at radius 3 is 2.28 bits per heavy atom. The van der Waals surface area contributed by atoms with Crippen LogP contribution >= 0.6 is 0 Å². The molecule has 0 N–H and O–H groups in total. The molecule has 2 amide bonds. The van der Waals surface area contributed by atoms with Crippen molar-refractivity contribution in [1.82, 2.24) is 14.7 Å². The van der Waals surface area contributed by atoms with Crippen LogP contribution in [0.2, 0.25) is 0 Å². The summed E-state index contributed by atoms with van der Waals surface area (Å²) in [5.74, 6) is -0.0701. The Kier molecular flexibility index (Phi) is 6.65. The number of non-ortho nitro benzene ring substituents is 1. The van der Waals surface area contributed by atoms with Crippen LogP contribution in [0.5, 0.6) is 0 Å². The van der Waals surface area contributed by atoms with Gasteiger partial charge in [-0.2, -0.15) is 0 Å². The van der Waals surface area contributed by atoms with Crippen LogP contribution in [0.1, 0.15) is 5.56 Å². The maximum absolute atomic E-state index is 13.3. The van der Waals surface area contributed by atoms with Gasteiger partial charge in [-0.05, 0) is 17.7 Å². The molecular weight excluding hydrogens is 410 g/mol. The Labute approximate surface area is 187 Å². The zero-order valence-electron chi connectivity index (χ0n) is 17.8. The molecule has 0 saturated carbocycles. The Balaban J connectivity index is 1.37. The van der Waals surface area contributed by atoms with Gasteiger partial charge in [-0.3, -0.25) is 24.6 Å². The monoisotopic (exact) mass is 436 g/mol. The number of hydrogen-bond acceptors (Lipinski definition) is 6. The molecule has 2 heterocycles. The van der Waals surface area contributed by atoms with E-state index in [0.29, 0.717) is 32.7 Å². The second-order valence-corrected chi connectivity index (χ2v) is 8.11. The van der Waals surface area contributed by atoms with Crippen LogP contribution in [0, 0.1) is 10.1 Å². The van der Waals surface area contributed by atoms with E-state index in [4.69, 9.17) is 0 Å². The van der Waals surface area contributed by atoms with E-state index in [2.05, 4.69) is 17.0 Å². The lowest BCUT2D eigenvalue weighted by molar-refractivity contribution is -0.384. The summed E-state index contributed by atoms with van der Waals surface area (Å²) >= 11 is 0.